The first kappa shape index (κ1) is 21.8. The van der Waals surface area contributed by atoms with Crippen LogP contribution in [0, 0.1) is 5.82 Å². The van der Waals surface area contributed by atoms with Crippen LogP contribution in [0.3, 0.4) is 0 Å². The number of carbonyl (C=O) groups excluding carboxylic acids is 1. The second-order valence-electron chi connectivity index (χ2n) is 5.68. The Bertz CT molecular complexity index is 1140. The number of carboxylic acids is 1. The molecule has 0 aliphatic rings. The Morgan fingerprint density at radius 3 is 2.10 bits per heavy atom. The fraction of sp³-hybridized carbons (Fsp3) is 0. The van der Waals surface area contributed by atoms with Crippen LogP contribution in [-0.2, 0) is 0 Å². The summed E-state index contributed by atoms with van der Waals surface area (Å²) < 4.78 is 69.7. The number of amides is 1. The molecule has 0 fully saturated rings. The number of hydrogen-bond acceptors (Lipinski definition) is 6. The van der Waals surface area contributed by atoms with Crippen LogP contribution >= 0.6 is 11.3 Å². The molecule has 0 saturated carbocycles. The Morgan fingerprint density at radius 1 is 0.935 bits per heavy atom. The summed E-state index contributed by atoms with van der Waals surface area (Å²) in [6.45, 7) is 0. The molecule has 2 aromatic carbocycles. The highest BCUT2D eigenvalue weighted by Crippen LogP contribution is 2.53. The minimum absolute atomic E-state index is 0.168. The number of aromatic carboxylic acids is 1. The van der Waals surface area contributed by atoms with Gasteiger partial charge in [0, 0.05) is 13.6 Å². The van der Waals surface area contributed by atoms with Crippen LogP contribution in [0.5, 0.6) is 17.2 Å². The molecule has 0 aliphatic carbocycles. The summed E-state index contributed by atoms with van der Waals surface area (Å²) >= 11 is 0.546. The summed E-state index contributed by atoms with van der Waals surface area (Å²) in [5.74, 6) is -9.80. The third-order valence-corrected chi connectivity index (χ3v) is 4.94. The molecule has 1 amide bonds. The Balaban J connectivity index is 2.27. The molecule has 1 heterocycles. The monoisotopic (exact) mass is 461 g/mol. The van der Waals surface area contributed by atoms with Crippen LogP contribution in [0.15, 0.2) is 41.8 Å². The van der Waals surface area contributed by atoms with Gasteiger partial charge in [-0.15, -0.1) is 16.5 Å². The van der Waals surface area contributed by atoms with Crippen molar-refractivity contribution in [2.45, 2.75) is 0 Å². The van der Waals surface area contributed by atoms with E-state index in [1.807, 2.05) is 0 Å². The molecular weight excluding hydrogens is 453 g/mol. The summed E-state index contributed by atoms with van der Waals surface area (Å²) in [5, 5.41) is 9.13. The number of nitrogens with zero attached hydrogens (tertiary/aromatic N) is 1. The number of anilines is 1. The van der Waals surface area contributed by atoms with Crippen molar-refractivity contribution in [2.24, 2.45) is 0 Å². The molecule has 0 atom stereocenters. The van der Waals surface area contributed by atoms with Gasteiger partial charge in [0.25, 0.3) is 5.91 Å². The van der Waals surface area contributed by atoms with E-state index < -0.39 is 61.8 Å². The van der Waals surface area contributed by atoms with Crippen LogP contribution < -0.4 is 19.9 Å². The van der Waals surface area contributed by atoms with Gasteiger partial charge in [0.05, 0.1) is 11.1 Å². The highest BCUT2D eigenvalue weighted by atomic mass is 32.1. The Kier molecular flexibility index (Phi) is 6.25. The fourth-order valence-electron chi connectivity index (χ4n) is 2.75. The van der Waals surface area contributed by atoms with E-state index >= 15 is 0 Å². The van der Waals surface area contributed by atoms with E-state index in [4.69, 9.17) is 5.11 Å². The third-order valence-electron chi connectivity index (χ3n) is 4.04. The van der Waals surface area contributed by atoms with E-state index in [1.165, 1.54) is 30.3 Å². The summed E-state index contributed by atoms with van der Waals surface area (Å²) in [6, 6.07) is 7.53. The molecule has 0 aliphatic heterocycles. The maximum Gasteiger partial charge on any atom is 0.346 e. The summed E-state index contributed by atoms with van der Waals surface area (Å²) in [6.07, 6.45) is 0. The molecule has 0 radical (unpaired) electrons. The van der Waals surface area contributed by atoms with Crippen molar-refractivity contribution in [3.63, 3.8) is 0 Å². The predicted octanol–water partition coefficient (Wildman–Crippen LogP) is 5.57. The number of thiophene rings is 1. The van der Waals surface area contributed by atoms with Gasteiger partial charge in [-0.3, -0.25) is 19.6 Å². The van der Waals surface area contributed by atoms with E-state index in [0.29, 0.717) is 11.3 Å². The number of halogens is 5. The van der Waals surface area contributed by atoms with Crippen molar-refractivity contribution < 1.29 is 52.0 Å². The van der Waals surface area contributed by atoms with Crippen LogP contribution in [-0.4, -0.2) is 17.0 Å². The van der Waals surface area contributed by atoms with Gasteiger partial charge in [-0.05, 0) is 17.0 Å². The van der Waals surface area contributed by atoms with Crippen LogP contribution in [0.25, 0.3) is 11.1 Å². The van der Waals surface area contributed by atoms with Crippen molar-refractivity contribution >= 4 is 28.9 Å². The Hall–Kier alpha value is -3.87. The zero-order chi connectivity index (χ0) is 22.7. The first-order chi connectivity index (χ1) is 14.9. The first-order valence-corrected chi connectivity index (χ1v) is 8.86. The lowest BCUT2D eigenvalue weighted by atomic mass is 10.0. The lowest BCUT2D eigenvalue weighted by molar-refractivity contribution is -0.0412. The van der Waals surface area contributed by atoms with E-state index in [0.717, 1.165) is 11.4 Å². The molecule has 1 N–H and O–H groups in total. The van der Waals surface area contributed by atoms with Gasteiger partial charge in [-0.2, -0.15) is 0 Å². The predicted molar refractivity (Wildman–Crippen MR) is 96.2 cm³/mol. The minimum atomic E-state index is -1.79. The van der Waals surface area contributed by atoms with Crippen LogP contribution in [0.2, 0.25) is 0 Å². The van der Waals surface area contributed by atoms with Crippen molar-refractivity contribution in [1.82, 2.24) is 0 Å². The van der Waals surface area contributed by atoms with Crippen molar-refractivity contribution in [3.8, 4) is 28.4 Å². The van der Waals surface area contributed by atoms with E-state index in [9.17, 15) is 32.0 Å². The van der Waals surface area contributed by atoms with Gasteiger partial charge in [0.2, 0.25) is 17.2 Å². The number of hydrogen-bond donors (Lipinski definition) is 1. The smallest absolute Gasteiger partial charge is 0.346 e. The quantitative estimate of drug-likeness (QED) is 0.366. The Labute approximate surface area is 173 Å². The maximum atomic E-state index is 15.0. The molecule has 1 aromatic heterocycles. The molecule has 31 heavy (non-hydrogen) atoms. The van der Waals surface area contributed by atoms with Gasteiger partial charge in [-0.1, -0.05) is 34.8 Å². The average Bonchev–Trinajstić information content (AvgIpc) is 3.28. The molecule has 3 rings (SSSR count). The third kappa shape index (κ3) is 3.70. The molecule has 0 spiro atoms. The number of benzene rings is 2. The SMILES string of the molecule is O=C(O)c1sccc1C(=O)N(F)c1c(OF)c(F)c(-c2ccccc2)c(OF)c1OF. The van der Waals surface area contributed by atoms with Crippen molar-refractivity contribution in [1.29, 1.82) is 0 Å². The number of carbonyl (C=O) groups is 2. The molecule has 13 heteroatoms. The lowest BCUT2D eigenvalue weighted by Crippen LogP contribution is -2.24. The van der Waals surface area contributed by atoms with Gasteiger partial charge in [-0.25, -0.2) is 9.18 Å². The van der Waals surface area contributed by atoms with E-state index in [2.05, 4.69) is 14.8 Å². The van der Waals surface area contributed by atoms with E-state index in [1.54, 1.807) is 0 Å². The maximum absolute atomic E-state index is 15.0. The lowest BCUT2D eigenvalue weighted by Gasteiger charge is -2.19. The molecule has 7 nitrogen and oxygen atoms in total. The highest BCUT2D eigenvalue weighted by molar-refractivity contribution is 7.12. The van der Waals surface area contributed by atoms with Gasteiger partial charge < -0.3 is 5.11 Å². The molecule has 0 bridgehead atoms. The van der Waals surface area contributed by atoms with E-state index in [-0.39, 0.29) is 5.56 Å². The van der Waals surface area contributed by atoms with Crippen LogP contribution in [0.1, 0.15) is 20.0 Å². The molecule has 162 valence electrons. The van der Waals surface area contributed by atoms with Gasteiger partial charge in [0.1, 0.15) is 4.88 Å². The number of rotatable bonds is 7. The molecule has 0 unspecified atom stereocenters. The normalized spacial score (nSPS) is 10.5. The molecular formula is C18H8F5NO6S. The second kappa shape index (κ2) is 8.87. The topological polar surface area (TPSA) is 85.3 Å². The zero-order valence-corrected chi connectivity index (χ0v) is 15.6. The average molecular weight is 461 g/mol. The van der Waals surface area contributed by atoms with Crippen molar-refractivity contribution in [2.75, 3.05) is 5.12 Å². The van der Waals surface area contributed by atoms with Gasteiger partial charge in [0.15, 0.2) is 11.5 Å². The molecule has 3 aromatic rings. The second-order valence-corrected chi connectivity index (χ2v) is 6.59. The Morgan fingerprint density at radius 2 is 1.55 bits per heavy atom. The molecule has 0 saturated heterocycles. The summed E-state index contributed by atoms with van der Waals surface area (Å²) in [7, 11) is 0. The highest BCUT2D eigenvalue weighted by Gasteiger charge is 2.38. The standard InChI is InChI=1S/C18H8F5NO6S/c19-11-10(8-4-2-1-3-5-8)13(28-21)15(30-23)12(14(11)29-22)24(20)17(25)9-6-7-31-16(9)18(26)27/h1-7H,(H,26,27). The minimum Gasteiger partial charge on any atom is -0.477 e. The summed E-state index contributed by atoms with van der Waals surface area (Å²) in [4.78, 5) is 33.1. The number of carboxylic acid groups (broad SMARTS) is 1. The van der Waals surface area contributed by atoms with Crippen LogP contribution in [0.4, 0.5) is 28.1 Å². The first-order valence-electron chi connectivity index (χ1n) is 7.98. The fourth-order valence-corrected chi connectivity index (χ4v) is 3.47. The summed E-state index contributed by atoms with van der Waals surface area (Å²) in [5.41, 5.74) is -3.50. The zero-order valence-electron chi connectivity index (χ0n) is 14.8. The van der Waals surface area contributed by atoms with Crippen molar-refractivity contribution in [3.05, 3.63) is 58.0 Å². The largest absolute Gasteiger partial charge is 0.477 e. The van der Waals surface area contributed by atoms with Gasteiger partial charge >= 0.3 is 5.97 Å².